The van der Waals surface area contributed by atoms with Gasteiger partial charge >= 0.3 is 12.1 Å². The van der Waals surface area contributed by atoms with Crippen molar-refractivity contribution in [2.75, 3.05) is 7.11 Å². The Morgan fingerprint density at radius 1 is 0.944 bits per heavy atom. The third kappa shape index (κ3) is 6.07. The number of hydrogen-bond donors (Lipinski definition) is 1. The second-order valence-corrected chi connectivity index (χ2v) is 8.57. The molecule has 0 saturated carbocycles. The van der Waals surface area contributed by atoms with Crippen LogP contribution in [0.5, 0.6) is 0 Å². The van der Waals surface area contributed by atoms with Gasteiger partial charge in [-0.05, 0) is 34.4 Å². The second-order valence-electron chi connectivity index (χ2n) is 8.57. The summed E-state index contributed by atoms with van der Waals surface area (Å²) in [5.74, 6) is -1.54. The number of methoxy groups -OCH3 is 1. The van der Waals surface area contributed by atoms with Gasteiger partial charge in [0.1, 0.15) is 24.5 Å². The SMILES string of the molecule is COC(=O)[C@@H](Cc1ccc(F)cc1)NC(=O)[C@@H]1Cc2ccccc2CN1C(=O)OCc1ccccc1. The Hall–Kier alpha value is -4.20. The topological polar surface area (TPSA) is 84.9 Å². The number of halogens is 1. The molecule has 3 aromatic carbocycles. The fourth-order valence-electron chi connectivity index (χ4n) is 4.21. The Labute approximate surface area is 208 Å². The van der Waals surface area contributed by atoms with Crippen molar-refractivity contribution in [1.29, 1.82) is 0 Å². The number of ether oxygens (including phenoxy) is 2. The van der Waals surface area contributed by atoms with E-state index < -0.39 is 35.9 Å². The van der Waals surface area contributed by atoms with E-state index in [9.17, 15) is 18.8 Å². The van der Waals surface area contributed by atoms with Crippen LogP contribution in [-0.4, -0.2) is 42.1 Å². The van der Waals surface area contributed by atoms with Gasteiger partial charge in [0.05, 0.1) is 13.7 Å². The molecule has 8 heteroatoms. The number of esters is 1. The molecule has 0 fully saturated rings. The average molecular weight is 491 g/mol. The van der Waals surface area contributed by atoms with Gasteiger partial charge in [0, 0.05) is 12.8 Å². The second kappa shape index (κ2) is 11.5. The Bertz CT molecular complexity index is 1220. The van der Waals surface area contributed by atoms with Crippen molar-refractivity contribution in [2.24, 2.45) is 0 Å². The first-order valence-electron chi connectivity index (χ1n) is 11.6. The van der Waals surface area contributed by atoms with Gasteiger partial charge in [0.25, 0.3) is 0 Å². The molecule has 1 aliphatic rings. The number of nitrogens with one attached hydrogen (secondary N) is 1. The molecule has 3 aromatic rings. The summed E-state index contributed by atoms with van der Waals surface area (Å²) in [4.78, 5) is 40.4. The van der Waals surface area contributed by atoms with Gasteiger partial charge in [-0.15, -0.1) is 0 Å². The highest BCUT2D eigenvalue weighted by Gasteiger charge is 2.37. The first-order valence-corrected chi connectivity index (χ1v) is 11.6. The number of benzene rings is 3. The molecule has 1 N–H and O–H groups in total. The lowest BCUT2D eigenvalue weighted by atomic mass is 9.93. The predicted octanol–water partition coefficient (Wildman–Crippen LogP) is 3.79. The molecular formula is C28H27FN2O5. The van der Waals surface area contributed by atoms with Gasteiger partial charge in [0.2, 0.25) is 5.91 Å². The number of rotatable bonds is 7. The molecule has 0 saturated heterocycles. The maximum atomic E-state index is 13.4. The van der Waals surface area contributed by atoms with Crippen LogP contribution in [0.1, 0.15) is 22.3 Å². The van der Waals surface area contributed by atoms with Gasteiger partial charge in [-0.1, -0.05) is 66.7 Å². The maximum absolute atomic E-state index is 13.4. The van der Waals surface area contributed by atoms with Crippen molar-refractivity contribution in [3.63, 3.8) is 0 Å². The minimum absolute atomic E-state index is 0.0709. The van der Waals surface area contributed by atoms with Gasteiger partial charge in [-0.2, -0.15) is 0 Å². The van der Waals surface area contributed by atoms with E-state index >= 15 is 0 Å². The first kappa shape index (κ1) is 24.9. The largest absolute Gasteiger partial charge is 0.467 e. The van der Waals surface area contributed by atoms with Crippen molar-refractivity contribution < 1.29 is 28.2 Å². The summed E-state index contributed by atoms with van der Waals surface area (Å²) in [6.45, 7) is 0.268. The normalized spacial score (nSPS) is 15.4. The van der Waals surface area contributed by atoms with Crippen LogP contribution in [-0.2, 0) is 45.1 Å². The predicted molar refractivity (Wildman–Crippen MR) is 130 cm³/mol. The number of carbonyl (C=O) groups excluding carboxylic acids is 3. The van der Waals surface area contributed by atoms with Crippen LogP contribution in [0.25, 0.3) is 0 Å². The smallest absolute Gasteiger partial charge is 0.411 e. The maximum Gasteiger partial charge on any atom is 0.411 e. The standard InChI is InChI=1S/C28H27FN2O5/c1-35-27(33)24(15-19-11-13-23(29)14-12-19)30-26(32)25-16-21-9-5-6-10-22(21)17-31(25)28(34)36-18-20-7-3-2-4-8-20/h2-14,24-25H,15-18H2,1H3,(H,30,32)/t24-,25+/m1/s1. The first-order chi connectivity index (χ1) is 17.4. The zero-order valence-corrected chi connectivity index (χ0v) is 19.9. The lowest BCUT2D eigenvalue weighted by Gasteiger charge is -2.35. The summed E-state index contributed by atoms with van der Waals surface area (Å²) in [6.07, 6.45) is -0.241. The fraction of sp³-hybridized carbons (Fsp3) is 0.250. The molecule has 36 heavy (non-hydrogen) atoms. The van der Waals surface area contributed by atoms with E-state index in [1.54, 1.807) is 12.1 Å². The van der Waals surface area contributed by atoms with E-state index in [0.29, 0.717) is 5.56 Å². The van der Waals surface area contributed by atoms with Crippen LogP contribution in [0, 0.1) is 5.82 Å². The van der Waals surface area contributed by atoms with Gasteiger partial charge in [0.15, 0.2) is 0 Å². The summed E-state index contributed by atoms with van der Waals surface area (Å²) >= 11 is 0. The van der Waals surface area contributed by atoms with Crippen molar-refractivity contribution in [3.8, 4) is 0 Å². The molecule has 1 heterocycles. The van der Waals surface area contributed by atoms with Gasteiger partial charge in [-0.3, -0.25) is 9.69 Å². The molecule has 0 radical (unpaired) electrons. The number of carbonyl (C=O) groups is 3. The molecule has 2 atom stereocenters. The van der Waals surface area contributed by atoms with E-state index in [4.69, 9.17) is 9.47 Å². The molecule has 0 bridgehead atoms. The summed E-state index contributed by atoms with van der Waals surface area (Å²) < 4.78 is 23.7. The Morgan fingerprint density at radius 2 is 1.61 bits per heavy atom. The molecule has 186 valence electrons. The third-order valence-corrected chi connectivity index (χ3v) is 6.15. The van der Waals surface area contributed by atoms with Crippen LogP contribution in [0.2, 0.25) is 0 Å². The number of hydrogen-bond acceptors (Lipinski definition) is 5. The third-order valence-electron chi connectivity index (χ3n) is 6.15. The molecule has 4 rings (SSSR count). The van der Waals surface area contributed by atoms with Gasteiger partial charge < -0.3 is 14.8 Å². The van der Waals surface area contributed by atoms with Crippen LogP contribution < -0.4 is 5.32 Å². The van der Waals surface area contributed by atoms with Crippen molar-refractivity contribution >= 4 is 18.0 Å². The molecule has 0 aliphatic carbocycles. The summed E-state index contributed by atoms with van der Waals surface area (Å²) in [5.41, 5.74) is 3.35. The highest BCUT2D eigenvalue weighted by molar-refractivity contribution is 5.90. The highest BCUT2D eigenvalue weighted by atomic mass is 19.1. The lowest BCUT2D eigenvalue weighted by molar-refractivity contribution is -0.145. The van der Waals surface area contributed by atoms with Crippen molar-refractivity contribution in [1.82, 2.24) is 10.2 Å². The number of amides is 2. The van der Waals surface area contributed by atoms with Crippen LogP contribution >= 0.6 is 0 Å². The molecule has 0 aromatic heterocycles. The molecule has 0 spiro atoms. The minimum Gasteiger partial charge on any atom is -0.467 e. The zero-order valence-electron chi connectivity index (χ0n) is 19.9. The Kier molecular flexibility index (Phi) is 7.95. The zero-order chi connectivity index (χ0) is 25.5. The summed E-state index contributed by atoms with van der Waals surface area (Å²) in [6, 6.07) is 20.6. The summed E-state index contributed by atoms with van der Waals surface area (Å²) in [7, 11) is 1.23. The molecule has 2 amide bonds. The van der Waals surface area contributed by atoms with E-state index in [0.717, 1.165) is 16.7 Å². The average Bonchev–Trinajstić information content (AvgIpc) is 2.91. The molecule has 1 aliphatic heterocycles. The molecule has 7 nitrogen and oxygen atoms in total. The number of fused-ring (bicyclic) bond motifs is 1. The minimum atomic E-state index is -1.01. The Balaban J connectivity index is 1.52. The van der Waals surface area contributed by atoms with Crippen molar-refractivity contribution in [3.05, 3.63) is 107 Å². The van der Waals surface area contributed by atoms with E-state index in [1.807, 2.05) is 54.6 Å². The van der Waals surface area contributed by atoms with E-state index in [2.05, 4.69) is 5.32 Å². The lowest BCUT2D eigenvalue weighted by Crippen LogP contribution is -2.56. The van der Waals surface area contributed by atoms with Crippen LogP contribution in [0.3, 0.4) is 0 Å². The van der Waals surface area contributed by atoms with E-state index in [-0.39, 0.29) is 26.0 Å². The summed E-state index contributed by atoms with van der Waals surface area (Å²) in [5, 5.41) is 2.73. The van der Waals surface area contributed by atoms with Crippen LogP contribution in [0.15, 0.2) is 78.9 Å². The molecular weight excluding hydrogens is 463 g/mol. The van der Waals surface area contributed by atoms with Crippen molar-refractivity contribution in [2.45, 2.75) is 38.1 Å². The molecule has 0 unspecified atom stereocenters. The highest BCUT2D eigenvalue weighted by Crippen LogP contribution is 2.25. The number of nitrogens with zero attached hydrogens (tertiary/aromatic N) is 1. The Morgan fingerprint density at radius 3 is 2.31 bits per heavy atom. The quantitative estimate of drug-likeness (QED) is 0.510. The van der Waals surface area contributed by atoms with Crippen LogP contribution in [0.4, 0.5) is 9.18 Å². The monoisotopic (exact) mass is 490 g/mol. The fourth-order valence-corrected chi connectivity index (χ4v) is 4.21. The van der Waals surface area contributed by atoms with Gasteiger partial charge in [-0.25, -0.2) is 14.0 Å². The van der Waals surface area contributed by atoms with E-state index in [1.165, 1.54) is 24.1 Å².